The first kappa shape index (κ1) is 13.6. The standard InChI is InChI=1S/C15H11ClFN3O/c1-8-2-5-13-10(6-8)14(20-19-13)15(21)18-9-3-4-12(17)11(16)7-9/h2-7H,1H3,(H,18,21)(H,19,20). The lowest BCUT2D eigenvalue weighted by Crippen LogP contribution is -2.12. The number of halogens is 2. The Labute approximate surface area is 124 Å². The number of carbonyl (C=O) groups is 1. The van der Waals surface area contributed by atoms with Crippen LogP contribution in [-0.2, 0) is 0 Å². The van der Waals surface area contributed by atoms with Crippen molar-refractivity contribution < 1.29 is 9.18 Å². The molecule has 0 bridgehead atoms. The summed E-state index contributed by atoms with van der Waals surface area (Å²) >= 11 is 5.69. The second kappa shape index (κ2) is 5.18. The molecule has 0 saturated carbocycles. The van der Waals surface area contributed by atoms with Crippen molar-refractivity contribution in [1.29, 1.82) is 0 Å². The van der Waals surface area contributed by atoms with Gasteiger partial charge in [-0.15, -0.1) is 0 Å². The largest absolute Gasteiger partial charge is 0.321 e. The van der Waals surface area contributed by atoms with E-state index < -0.39 is 5.82 Å². The second-order valence-corrected chi connectivity index (χ2v) is 5.11. The maximum Gasteiger partial charge on any atom is 0.276 e. The zero-order valence-corrected chi connectivity index (χ0v) is 11.8. The summed E-state index contributed by atoms with van der Waals surface area (Å²) in [5.74, 6) is -0.912. The Balaban J connectivity index is 1.93. The van der Waals surface area contributed by atoms with Crippen LogP contribution in [0.4, 0.5) is 10.1 Å². The molecule has 3 aromatic rings. The van der Waals surface area contributed by atoms with Gasteiger partial charge in [0, 0.05) is 11.1 Å². The van der Waals surface area contributed by atoms with E-state index in [1.165, 1.54) is 18.2 Å². The average molecular weight is 304 g/mol. The molecule has 2 aromatic carbocycles. The van der Waals surface area contributed by atoms with Crippen LogP contribution in [0, 0.1) is 12.7 Å². The summed E-state index contributed by atoms with van der Waals surface area (Å²) in [7, 11) is 0. The number of amides is 1. The lowest BCUT2D eigenvalue weighted by Gasteiger charge is -2.04. The molecule has 0 aliphatic rings. The third kappa shape index (κ3) is 2.60. The summed E-state index contributed by atoms with van der Waals surface area (Å²) in [6.45, 7) is 1.94. The smallest absolute Gasteiger partial charge is 0.276 e. The van der Waals surface area contributed by atoms with Gasteiger partial charge < -0.3 is 5.32 Å². The molecule has 0 atom stereocenters. The number of fused-ring (bicyclic) bond motifs is 1. The van der Waals surface area contributed by atoms with Crippen LogP contribution in [0.3, 0.4) is 0 Å². The summed E-state index contributed by atoms with van der Waals surface area (Å²) in [5.41, 5.74) is 2.51. The van der Waals surface area contributed by atoms with Crippen molar-refractivity contribution in [2.24, 2.45) is 0 Å². The Morgan fingerprint density at radius 2 is 2.10 bits per heavy atom. The Morgan fingerprint density at radius 1 is 1.29 bits per heavy atom. The number of H-pyrrole nitrogens is 1. The highest BCUT2D eigenvalue weighted by Gasteiger charge is 2.15. The van der Waals surface area contributed by atoms with E-state index in [1.807, 2.05) is 25.1 Å². The molecule has 0 unspecified atom stereocenters. The van der Waals surface area contributed by atoms with Crippen LogP contribution in [0.5, 0.6) is 0 Å². The summed E-state index contributed by atoms with van der Waals surface area (Å²) < 4.78 is 13.1. The number of nitrogens with zero attached hydrogens (tertiary/aromatic N) is 1. The van der Waals surface area contributed by atoms with Gasteiger partial charge in [-0.25, -0.2) is 4.39 Å². The molecule has 1 aromatic heterocycles. The van der Waals surface area contributed by atoms with E-state index in [-0.39, 0.29) is 16.6 Å². The quantitative estimate of drug-likeness (QED) is 0.754. The molecule has 0 saturated heterocycles. The number of nitrogens with one attached hydrogen (secondary N) is 2. The SMILES string of the molecule is Cc1ccc2[nH]nc(C(=O)Nc3ccc(F)c(Cl)c3)c2c1. The van der Waals surface area contributed by atoms with E-state index in [4.69, 9.17) is 11.6 Å². The number of hydrogen-bond acceptors (Lipinski definition) is 2. The van der Waals surface area contributed by atoms with E-state index in [9.17, 15) is 9.18 Å². The van der Waals surface area contributed by atoms with Gasteiger partial charge in [0.25, 0.3) is 5.91 Å². The lowest BCUT2D eigenvalue weighted by molar-refractivity contribution is 0.102. The molecule has 0 radical (unpaired) electrons. The normalized spacial score (nSPS) is 10.8. The van der Waals surface area contributed by atoms with Gasteiger partial charge in [0.1, 0.15) is 5.82 Å². The van der Waals surface area contributed by atoms with E-state index in [0.29, 0.717) is 5.69 Å². The molecule has 0 aliphatic carbocycles. The van der Waals surface area contributed by atoms with Crippen molar-refractivity contribution in [2.45, 2.75) is 6.92 Å². The van der Waals surface area contributed by atoms with Gasteiger partial charge in [-0.05, 0) is 37.3 Å². The van der Waals surface area contributed by atoms with Gasteiger partial charge in [0.15, 0.2) is 5.69 Å². The monoisotopic (exact) mass is 303 g/mol. The van der Waals surface area contributed by atoms with Crippen LogP contribution in [0.2, 0.25) is 5.02 Å². The molecule has 0 spiro atoms. The first-order chi connectivity index (χ1) is 10.0. The predicted molar refractivity (Wildman–Crippen MR) is 80.2 cm³/mol. The molecular formula is C15H11ClFN3O. The van der Waals surface area contributed by atoms with Crippen molar-refractivity contribution in [3.8, 4) is 0 Å². The fraction of sp³-hybridized carbons (Fsp3) is 0.0667. The minimum absolute atomic E-state index is 0.0458. The molecule has 4 nitrogen and oxygen atoms in total. The fourth-order valence-corrected chi connectivity index (χ4v) is 2.25. The van der Waals surface area contributed by atoms with Crippen molar-refractivity contribution in [3.63, 3.8) is 0 Å². The van der Waals surface area contributed by atoms with E-state index in [2.05, 4.69) is 15.5 Å². The topological polar surface area (TPSA) is 57.8 Å². The molecule has 6 heteroatoms. The summed E-state index contributed by atoms with van der Waals surface area (Å²) in [6.07, 6.45) is 0. The summed E-state index contributed by atoms with van der Waals surface area (Å²) in [6, 6.07) is 9.68. The van der Waals surface area contributed by atoms with Crippen LogP contribution in [-0.4, -0.2) is 16.1 Å². The molecule has 1 amide bonds. The molecule has 3 rings (SSSR count). The number of rotatable bonds is 2. The van der Waals surface area contributed by atoms with Crippen molar-refractivity contribution in [3.05, 3.63) is 58.5 Å². The van der Waals surface area contributed by atoms with Crippen LogP contribution < -0.4 is 5.32 Å². The maximum atomic E-state index is 13.1. The third-order valence-corrected chi connectivity index (χ3v) is 3.40. The molecule has 0 fully saturated rings. The number of carbonyl (C=O) groups excluding carboxylic acids is 1. The van der Waals surface area contributed by atoms with Crippen LogP contribution in [0.1, 0.15) is 16.1 Å². The van der Waals surface area contributed by atoms with E-state index >= 15 is 0 Å². The lowest BCUT2D eigenvalue weighted by atomic mass is 10.1. The van der Waals surface area contributed by atoms with Crippen molar-refractivity contribution in [2.75, 3.05) is 5.32 Å². The third-order valence-electron chi connectivity index (χ3n) is 3.11. The van der Waals surface area contributed by atoms with E-state index in [1.54, 1.807) is 0 Å². The van der Waals surface area contributed by atoms with Gasteiger partial charge in [-0.2, -0.15) is 5.10 Å². The minimum atomic E-state index is -0.532. The van der Waals surface area contributed by atoms with Crippen LogP contribution in [0.15, 0.2) is 36.4 Å². The Hall–Kier alpha value is -2.40. The van der Waals surface area contributed by atoms with Gasteiger partial charge in [-0.3, -0.25) is 9.89 Å². The van der Waals surface area contributed by atoms with Crippen LogP contribution in [0.25, 0.3) is 10.9 Å². The highest BCUT2D eigenvalue weighted by atomic mass is 35.5. The Kier molecular flexibility index (Phi) is 3.35. The molecule has 106 valence electrons. The van der Waals surface area contributed by atoms with E-state index in [0.717, 1.165) is 16.5 Å². The number of hydrogen-bond donors (Lipinski definition) is 2. The molecule has 0 aliphatic heterocycles. The molecule has 1 heterocycles. The molecule has 2 N–H and O–H groups in total. The minimum Gasteiger partial charge on any atom is -0.321 e. The Morgan fingerprint density at radius 3 is 2.86 bits per heavy atom. The number of aromatic amines is 1. The predicted octanol–water partition coefficient (Wildman–Crippen LogP) is 3.92. The number of aromatic nitrogens is 2. The first-order valence-electron chi connectivity index (χ1n) is 6.26. The van der Waals surface area contributed by atoms with Crippen molar-refractivity contribution in [1.82, 2.24) is 10.2 Å². The molecular weight excluding hydrogens is 293 g/mol. The molecule has 21 heavy (non-hydrogen) atoms. The zero-order valence-electron chi connectivity index (χ0n) is 11.1. The number of benzene rings is 2. The fourth-order valence-electron chi connectivity index (χ4n) is 2.07. The highest BCUT2D eigenvalue weighted by molar-refractivity contribution is 6.31. The van der Waals surface area contributed by atoms with Gasteiger partial charge in [-0.1, -0.05) is 23.2 Å². The summed E-state index contributed by atoms with van der Waals surface area (Å²) in [5, 5.41) is 10.2. The van der Waals surface area contributed by atoms with Gasteiger partial charge >= 0.3 is 0 Å². The average Bonchev–Trinajstić information content (AvgIpc) is 2.86. The zero-order chi connectivity index (χ0) is 15.0. The summed E-state index contributed by atoms with van der Waals surface area (Å²) in [4.78, 5) is 12.3. The van der Waals surface area contributed by atoms with Crippen molar-refractivity contribution >= 4 is 34.1 Å². The van der Waals surface area contributed by atoms with Gasteiger partial charge in [0.05, 0.1) is 10.5 Å². The van der Waals surface area contributed by atoms with Gasteiger partial charge in [0.2, 0.25) is 0 Å². The number of anilines is 1. The maximum absolute atomic E-state index is 13.1. The first-order valence-corrected chi connectivity index (χ1v) is 6.63. The Bertz CT molecular complexity index is 844. The second-order valence-electron chi connectivity index (χ2n) is 4.70. The highest BCUT2D eigenvalue weighted by Crippen LogP contribution is 2.22. The van der Waals surface area contributed by atoms with Crippen LogP contribution >= 0.6 is 11.6 Å². The number of aryl methyl sites for hydroxylation is 1.